The SMILES string of the molecule is C[C@H](CCc1cccc(F)c1)NC(=O)N(C)[C@@H]1CCN(C)C[C@H]1C. The molecule has 1 heterocycles. The Hall–Kier alpha value is -1.62. The summed E-state index contributed by atoms with van der Waals surface area (Å²) in [6.07, 6.45) is 2.57. The number of hydrogen-bond acceptors (Lipinski definition) is 2. The Kier molecular flexibility index (Phi) is 6.60. The average Bonchev–Trinajstić information content (AvgIpc) is 2.52. The summed E-state index contributed by atoms with van der Waals surface area (Å²) >= 11 is 0. The van der Waals surface area contributed by atoms with Gasteiger partial charge in [0.05, 0.1) is 0 Å². The van der Waals surface area contributed by atoms with Crippen molar-refractivity contribution in [3.05, 3.63) is 35.6 Å². The zero-order valence-corrected chi connectivity index (χ0v) is 15.3. The Bertz CT molecular complexity index is 551. The quantitative estimate of drug-likeness (QED) is 0.897. The second-order valence-electron chi connectivity index (χ2n) is 7.23. The maximum absolute atomic E-state index is 13.2. The zero-order chi connectivity index (χ0) is 17.7. The molecule has 5 heteroatoms. The number of urea groups is 1. The first-order chi connectivity index (χ1) is 11.4. The molecule has 24 heavy (non-hydrogen) atoms. The fraction of sp³-hybridized carbons (Fsp3) is 0.632. The number of rotatable bonds is 5. The number of nitrogens with one attached hydrogen (secondary N) is 1. The Morgan fingerprint density at radius 2 is 2.25 bits per heavy atom. The molecule has 2 rings (SSSR count). The number of aryl methyl sites for hydroxylation is 1. The van der Waals surface area contributed by atoms with Crippen LogP contribution in [-0.4, -0.2) is 55.1 Å². The molecule has 0 spiro atoms. The van der Waals surface area contributed by atoms with Gasteiger partial charge < -0.3 is 15.1 Å². The van der Waals surface area contributed by atoms with Crippen molar-refractivity contribution < 1.29 is 9.18 Å². The molecule has 1 aliphatic rings. The van der Waals surface area contributed by atoms with E-state index in [2.05, 4.69) is 24.2 Å². The van der Waals surface area contributed by atoms with Crippen LogP contribution in [0.25, 0.3) is 0 Å². The molecule has 0 unspecified atom stereocenters. The van der Waals surface area contributed by atoms with E-state index in [4.69, 9.17) is 0 Å². The van der Waals surface area contributed by atoms with Crippen LogP contribution in [0.5, 0.6) is 0 Å². The Morgan fingerprint density at radius 1 is 1.50 bits per heavy atom. The first-order valence-corrected chi connectivity index (χ1v) is 8.83. The third kappa shape index (κ3) is 5.20. The van der Waals surface area contributed by atoms with Crippen LogP contribution in [0.3, 0.4) is 0 Å². The Balaban J connectivity index is 1.80. The molecule has 0 aromatic heterocycles. The molecular weight excluding hydrogens is 305 g/mol. The second-order valence-corrected chi connectivity index (χ2v) is 7.23. The highest BCUT2D eigenvalue weighted by Crippen LogP contribution is 2.20. The predicted molar refractivity (Wildman–Crippen MR) is 95.5 cm³/mol. The number of halogens is 1. The highest BCUT2D eigenvalue weighted by molar-refractivity contribution is 5.74. The van der Waals surface area contributed by atoms with Gasteiger partial charge in [-0.2, -0.15) is 0 Å². The van der Waals surface area contributed by atoms with E-state index in [1.54, 1.807) is 12.1 Å². The average molecular weight is 335 g/mol. The summed E-state index contributed by atoms with van der Waals surface area (Å²) in [5.74, 6) is 0.266. The number of benzene rings is 1. The van der Waals surface area contributed by atoms with Crippen LogP contribution in [-0.2, 0) is 6.42 Å². The predicted octanol–water partition coefficient (Wildman–Crippen LogP) is 3.13. The zero-order valence-electron chi connectivity index (χ0n) is 15.3. The highest BCUT2D eigenvalue weighted by Gasteiger charge is 2.30. The number of nitrogens with zero attached hydrogens (tertiary/aromatic N) is 2. The molecule has 1 N–H and O–H groups in total. The monoisotopic (exact) mass is 335 g/mol. The maximum Gasteiger partial charge on any atom is 0.317 e. The van der Waals surface area contributed by atoms with Gasteiger partial charge in [-0.25, -0.2) is 9.18 Å². The minimum atomic E-state index is -0.208. The standard InChI is InChI=1S/C19H30FN3O/c1-14-13-22(3)11-10-18(14)23(4)19(24)21-15(2)8-9-16-6-5-7-17(20)12-16/h5-7,12,14-15,18H,8-11,13H2,1-4H3,(H,21,24)/t14-,15-,18-/m1/s1. The van der Waals surface area contributed by atoms with E-state index < -0.39 is 0 Å². The van der Waals surface area contributed by atoms with Gasteiger partial charge in [0, 0.05) is 25.7 Å². The van der Waals surface area contributed by atoms with Gasteiger partial charge in [0.25, 0.3) is 0 Å². The van der Waals surface area contributed by atoms with Gasteiger partial charge >= 0.3 is 6.03 Å². The van der Waals surface area contributed by atoms with E-state index in [0.29, 0.717) is 5.92 Å². The largest absolute Gasteiger partial charge is 0.336 e. The summed E-state index contributed by atoms with van der Waals surface area (Å²) < 4.78 is 13.2. The lowest BCUT2D eigenvalue weighted by molar-refractivity contribution is 0.106. The normalized spacial score (nSPS) is 22.9. The molecule has 1 aromatic rings. The van der Waals surface area contributed by atoms with Gasteiger partial charge in [-0.05, 0) is 63.4 Å². The number of likely N-dealkylation sites (tertiary alicyclic amines) is 1. The second kappa shape index (κ2) is 8.47. The van der Waals surface area contributed by atoms with Crippen molar-refractivity contribution in [3.63, 3.8) is 0 Å². The van der Waals surface area contributed by atoms with Crippen molar-refractivity contribution in [2.75, 3.05) is 27.2 Å². The first-order valence-electron chi connectivity index (χ1n) is 8.83. The van der Waals surface area contributed by atoms with Crippen molar-refractivity contribution in [2.24, 2.45) is 5.92 Å². The van der Waals surface area contributed by atoms with E-state index in [9.17, 15) is 9.18 Å². The summed E-state index contributed by atoms with van der Waals surface area (Å²) in [4.78, 5) is 16.7. The fourth-order valence-electron chi connectivity index (χ4n) is 3.53. The van der Waals surface area contributed by atoms with Crippen molar-refractivity contribution >= 4 is 6.03 Å². The van der Waals surface area contributed by atoms with Gasteiger partial charge in [-0.3, -0.25) is 0 Å². The van der Waals surface area contributed by atoms with Gasteiger partial charge in [-0.1, -0.05) is 19.1 Å². The molecule has 0 saturated carbocycles. The molecule has 1 aliphatic heterocycles. The molecule has 3 atom stereocenters. The summed E-state index contributed by atoms with van der Waals surface area (Å²) in [7, 11) is 4.02. The minimum Gasteiger partial charge on any atom is -0.336 e. The molecule has 4 nitrogen and oxygen atoms in total. The topological polar surface area (TPSA) is 35.6 Å². The van der Waals surface area contributed by atoms with Gasteiger partial charge in [0.2, 0.25) is 0 Å². The Labute approximate surface area is 145 Å². The van der Waals surface area contributed by atoms with Gasteiger partial charge in [-0.15, -0.1) is 0 Å². The van der Waals surface area contributed by atoms with Crippen LogP contribution >= 0.6 is 0 Å². The molecule has 134 valence electrons. The van der Waals surface area contributed by atoms with E-state index in [0.717, 1.165) is 37.9 Å². The van der Waals surface area contributed by atoms with Crippen molar-refractivity contribution in [3.8, 4) is 0 Å². The van der Waals surface area contributed by atoms with Crippen LogP contribution in [0.15, 0.2) is 24.3 Å². The van der Waals surface area contributed by atoms with E-state index in [-0.39, 0.29) is 23.9 Å². The van der Waals surface area contributed by atoms with Crippen LogP contribution < -0.4 is 5.32 Å². The third-order valence-electron chi connectivity index (χ3n) is 5.01. The lowest BCUT2D eigenvalue weighted by Gasteiger charge is -2.40. The first kappa shape index (κ1) is 18.7. The van der Waals surface area contributed by atoms with Crippen molar-refractivity contribution in [1.29, 1.82) is 0 Å². The van der Waals surface area contributed by atoms with Crippen LogP contribution in [0.2, 0.25) is 0 Å². The van der Waals surface area contributed by atoms with Crippen LogP contribution in [0.4, 0.5) is 9.18 Å². The number of carbonyl (C=O) groups is 1. The summed E-state index contributed by atoms with van der Waals surface area (Å²) in [6, 6.07) is 6.99. The molecule has 1 saturated heterocycles. The fourth-order valence-corrected chi connectivity index (χ4v) is 3.53. The maximum atomic E-state index is 13.2. The molecular formula is C19H30FN3O. The van der Waals surface area contributed by atoms with Crippen LogP contribution in [0, 0.1) is 11.7 Å². The van der Waals surface area contributed by atoms with Crippen molar-refractivity contribution in [1.82, 2.24) is 15.1 Å². The third-order valence-corrected chi connectivity index (χ3v) is 5.01. The van der Waals surface area contributed by atoms with E-state index in [1.165, 1.54) is 6.07 Å². The lowest BCUT2D eigenvalue weighted by Crippen LogP contribution is -2.53. The van der Waals surface area contributed by atoms with Gasteiger partial charge in [0.15, 0.2) is 0 Å². The summed E-state index contributed by atoms with van der Waals surface area (Å²) in [5.41, 5.74) is 0.966. The summed E-state index contributed by atoms with van der Waals surface area (Å²) in [6.45, 7) is 6.26. The number of amides is 2. The summed E-state index contributed by atoms with van der Waals surface area (Å²) in [5, 5.41) is 3.07. The molecule has 2 amide bonds. The highest BCUT2D eigenvalue weighted by atomic mass is 19.1. The number of carbonyl (C=O) groups excluding carboxylic acids is 1. The molecule has 0 radical (unpaired) electrons. The molecule has 1 aromatic carbocycles. The molecule has 0 aliphatic carbocycles. The van der Waals surface area contributed by atoms with E-state index >= 15 is 0 Å². The minimum absolute atomic E-state index is 0.0110. The molecule has 1 fully saturated rings. The van der Waals surface area contributed by atoms with Gasteiger partial charge in [0.1, 0.15) is 5.82 Å². The Morgan fingerprint density at radius 3 is 2.92 bits per heavy atom. The van der Waals surface area contributed by atoms with Crippen LogP contribution in [0.1, 0.15) is 32.3 Å². The molecule has 0 bridgehead atoms. The smallest absolute Gasteiger partial charge is 0.317 e. The number of piperidine rings is 1. The van der Waals surface area contributed by atoms with Crippen molar-refractivity contribution in [2.45, 2.75) is 45.2 Å². The lowest BCUT2D eigenvalue weighted by atomic mass is 9.93. The van der Waals surface area contributed by atoms with E-state index in [1.807, 2.05) is 24.9 Å². The number of hydrogen-bond donors (Lipinski definition) is 1.